The zero-order chi connectivity index (χ0) is 15.7. The van der Waals surface area contributed by atoms with E-state index in [1.54, 1.807) is 0 Å². The minimum absolute atomic E-state index is 0.250. The Morgan fingerprint density at radius 2 is 1.05 bits per heavy atom. The monoisotopic (exact) mass is 312 g/mol. The second kappa shape index (κ2) is 15.8. The van der Waals surface area contributed by atoms with Crippen LogP contribution in [0.5, 0.6) is 0 Å². The summed E-state index contributed by atoms with van der Waals surface area (Å²) in [6, 6.07) is 0. The molecule has 0 radical (unpaired) electrons. The molecule has 0 aromatic heterocycles. The number of ether oxygens (including phenoxy) is 1. The van der Waals surface area contributed by atoms with Gasteiger partial charge in [-0.25, -0.2) is 0 Å². The Balaban J connectivity index is 1.59. The molecule has 0 aromatic rings. The van der Waals surface area contributed by atoms with E-state index in [4.69, 9.17) is 9.84 Å². The lowest BCUT2D eigenvalue weighted by atomic mass is 10.0. The molecular weight excluding hydrogens is 272 g/mol. The van der Waals surface area contributed by atoms with Crippen LogP contribution in [0, 0.1) is 5.92 Å². The average molecular weight is 313 g/mol. The second-order valence-corrected chi connectivity index (χ2v) is 7.16. The molecule has 1 rings (SSSR count). The molecule has 0 saturated heterocycles. The molecule has 1 aliphatic rings. The maximum absolute atomic E-state index is 8.62. The van der Waals surface area contributed by atoms with Gasteiger partial charge in [0.25, 0.3) is 0 Å². The minimum Gasteiger partial charge on any atom is -0.396 e. The number of hydrogen-bond donors (Lipinski definition) is 1. The molecule has 1 N–H and O–H groups in total. The summed E-state index contributed by atoms with van der Waals surface area (Å²) in [4.78, 5) is 0. The van der Waals surface area contributed by atoms with Gasteiger partial charge in [-0.3, -0.25) is 0 Å². The number of unbranched alkanes of at least 4 members (excludes halogenated alkanes) is 11. The van der Waals surface area contributed by atoms with Crippen molar-refractivity contribution in [2.75, 3.05) is 19.8 Å². The summed E-state index contributed by atoms with van der Waals surface area (Å²) in [6.45, 7) is 1.85. The van der Waals surface area contributed by atoms with Crippen LogP contribution >= 0.6 is 0 Å². The lowest BCUT2D eigenvalue weighted by Gasteiger charge is -2.04. The Morgan fingerprint density at radius 3 is 1.55 bits per heavy atom. The van der Waals surface area contributed by atoms with Crippen molar-refractivity contribution in [1.29, 1.82) is 0 Å². The third-order valence-corrected chi connectivity index (χ3v) is 4.79. The topological polar surface area (TPSA) is 29.5 Å². The van der Waals surface area contributed by atoms with Crippen LogP contribution in [0.4, 0.5) is 0 Å². The van der Waals surface area contributed by atoms with E-state index in [1.165, 1.54) is 96.3 Å². The van der Waals surface area contributed by atoms with Crippen molar-refractivity contribution >= 4 is 0 Å². The zero-order valence-electron chi connectivity index (χ0n) is 14.9. The Morgan fingerprint density at radius 1 is 0.591 bits per heavy atom. The molecule has 1 aliphatic carbocycles. The summed E-state index contributed by atoms with van der Waals surface area (Å²) < 4.78 is 5.43. The van der Waals surface area contributed by atoms with Gasteiger partial charge in [0.15, 0.2) is 0 Å². The molecule has 1 saturated carbocycles. The summed E-state index contributed by atoms with van der Waals surface area (Å²) in [5.74, 6) is 1.13. The van der Waals surface area contributed by atoms with E-state index in [0.717, 1.165) is 25.6 Å². The van der Waals surface area contributed by atoms with Gasteiger partial charge in [-0.15, -0.1) is 0 Å². The van der Waals surface area contributed by atoms with Crippen molar-refractivity contribution in [2.45, 2.75) is 103 Å². The highest BCUT2D eigenvalue weighted by atomic mass is 16.5. The molecule has 0 aliphatic heterocycles. The van der Waals surface area contributed by atoms with E-state index >= 15 is 0 Å². The Hall–Kier alpha value is -0.0800. The molecule has 0 unspecified atom stereocenters. The number of hydrogen-bond acceptors (Lipinski definition) is 2. The Bertz CT molecular complexity index is 214. The fourth-order valence-electron chi connectivity index (χ4n) is 3.08. The average Bonchev–Trinajstić information content (AvgIpc) is 3.34. The van der Waals surface area contributed by atoms with Crippen LogP contribution in [0.15, 0.2) is 0 Å². The maximum atomic E-state index is 8.62. The van der Waals surface area contributed by atoms with E-state index in [1.807, 2.05) is 0 Å². The van der Waals surface area contributed by atoms with Gasteiger partial charge >= 0.3 is 0 Å². The van der Waals surface area contributed by atoms with Gasteiger partial charge in [0, 0.05) is 19.8 Å². The molecule has 0 spiro atoms. The maximum Gasteiger partial charge on any atom is 0.0487 e. The normalized spacial score (nSPS) is 14.6. The molecule has 0 aromatic carbocycles. The zero-order valence-corrected chi connectivity index (χ0v) is 14.9. The van der Waals surface area contributed by atoms with E-state index in [0.29, 0.717) is 0 Å². The van der Waals surface area contributed by atoms with Crippen molar-refractivity contribution in [3.63, 3.8) is 0 Å². The van der Waals surface area contributed by atoms with Crippen LogP contribution in [0.2, 0.25) is 0 Å². The first-order valence-electron chi connectivity index (χ1n) is 10.1. The number of rotatable bonds is 18. The Kier molecular flexibility index (Phi) is 14.3. The SMILES string of the molecule is OCCCOCCCCCCCCCCCCCCC1CC1. The first-order chi connectivity index (χ1) is 10.9. The van der Waals surface area contributed by atoms with Crippen LogP contribution in [0.1, 0.15) is 103 Å². The minimum atomic E-state index is 0.250. The molecule has 132 valence electrons. The highest BCUT2D eigenvalue weighted by Gasteiger charge is 2.19. The van der Waals surface area contributed by atoms with Gasteiger partial charge in [-0.1, -0.05) is 89.9 Å². The molecular formula is C20H40O2. The highest BCUT2D eigenvalue weighted by molar-refractivity contribution is 4.72. The van der Waals surface area contributed by atoms with Gasteiger partial charge in [-0.05, 0) is 18.8 Å². The summed E-state index contributed by atoms with van der Waals surface area (Å²) >= 11 is 0. The third-order valence-electron chi connectivity index (χ3n) is 4.79. The quantitative estimate of drug-likeness (QED) is 0.321. The molecule has 0 heterocycles. The number of aliphatic hydroxyl groups excluding tert-OH is 1. The van der Waals surface area contributed by atoms with E-state index in [-0.39, 0.29) is 6.61 Å². The van der Waals surface area contributed by atoms with Crippen LogP contribution in [-0.4, -0.2) is 24.9 Å². The summed E-state index contributed by atoms with van der Waals surface area (Å²) in [5, 5.41) is 8.62. The summed E-state index contributed by atoms with van der Waals surface area (Å²) in [5.41, 5.74) is 0. The van der Waals surface area contributed by atoms with Crippen LogP contribution < -0.4 is 0 Å². The van der Waals surface area contributed by atoms with Crippen molar-refractivity contribution < 1.29 is 9.84 Å². The van der Waals surface area contributed by atoms with Gasteiger partial charge < -0.3 is 9.84 Å². The third kappa shape index (κ3) is 14.8. The fourth-order valence-corrected chi connectivity index (χ4v) is 3.08. The molecule has 1 fully saturated rings. The van der Waals surface area contributed by atoms with Gasteiger partial charge in [0.05, 0.1) is 0 Å². The molecule has 0 atom stereocenters. The van der Waals surface area contributed by atoms with E-state index in [2.05, 4.69) is 0 Å². The predicted molar refractivity (Wildman–Crippen MR) is 95.3 cm³/mol. The van der Waals surface area contributed by atoms with Crippen LogP contribution in [-0.2, 0) is 4.74 Å². The molecule has 2 heteroatoms. The fraction of sp³-hybridized carbons (Fsp3) is 1.00. The highest BCUT2D eigenvalue weighted by Crippen LogP contribution is 2.34. The van der Waals surface area contributed by atoms with E-state index in [9.17, 15) is 0 Å². The molecule has 22 heavy (non-hydrogen) atoms. The number of aliphatic hydroxyl groups is 1. The lowest BCUT2D eigenvalue weighted by molar-refractivity contribution is 0.112. The second-order valence-electron chi connectivity index (χ2n) is 7.16. The largest absolute Gasteiger partial charge is 0.396 e. The van der Waals surface area contributed by atoms with Crippen molar-refractivity contribution in [2.24, 2.45) is 5.92 Å². The van der Waals surface area contributed by atoms with Crippen molar-refractivity contribution in [3.05, 3.63) is 0 Å². The van der Waals surface area contributed by atoms with E-state index < -0.39 is 0 Å². The molecule has 0 bridgehead atoms. The van der Waals surface area contributed by atoms with Gasteiger partial charge in [0.2, 0.25) is 0 Å². The summed E-state index contributed by atoms with van der Waals surface area (Å²) in [7, 11) is 0. The molecule has 2 nitrogen and oxygen atoms in total. The van der Waals surface area contributed by atoms with Gasteiger partial charge in [-0.2, -0.15) is 0 Å². The van der Waals surface area contributed by atoms with Crippen molar-refractivity contribution in [1.82, 2.24) is 0 Å². The first kappa shape index (κ1) is 20.0. The molecule has 0 amide bonds. The van der Waals surface area contributed by atoms with Crippen LogP contribution in [0.25, 0.3) is 0 Å². The predicted octanol–water partition coefficient (Wildman–Crippen LogP) is 5.87. The lowest BCUT2D eigenvalue weighted by Crippen LogP contribution is -1.98. The summed E-state index contributed by atoms with van der Waals surface area (Å²) in [6.07, 6.45) is 22.3. The van der Waals surface area contributed by atoms with Crippen molar-refractivity contribution in [3.8, 4) is 0 Å². The first-order valence-corrected chi connectivity index (χ1v) is 10.1. The van der Waals surface area contributed by atoms with Gasteiger partial charge in [0.1, 0.15) is 0 Å². The Labute approximate surface area is 139 Å². The smallest absolute Gasteiger partial charge is 0.0487 e. The standard InChI is InChI=1S/C20H40O2/c21-17-13-19-22-18-12-10-8-6-4-2-1-3-5-7-9-11-14-20-15-16-20/h20-21H,1-19H2. The van der Waals surface area contributed by atoms with Crippen LogP contribution in [0.3, 0.4) is 0 Å².